The maximum Gasteiger partial charge on any atom is 0.331 e. The van der Waals surface area contributed by atoms with Crippen LogP contribution in [0.3, 0.4) is 0 Å². The molecule has 0 bridgehead atoms. The summed E-state index contributed by atoms with van der Waals surface area (Å²) in [5, 5.41) is 5.26. The first-order valence-electron chi connectivity index (χ1n) is 8.83. The van der Waals surface area contributed by atoms with E-state index in [4.69, 9.17) is 9.15 Å². The molecule has 0 fully saturated rings. The summed E-state index contributed by atoms with van der Waals surface area (Å²) in [4.78, 5) is 39.4. The number of oxazole rings is 1. The number of rotatable bonds is 6. The first kappa shape index (κ1) is 19.8. The normalized spacial score (nSPS) is 11.9. The Morgan fingerprint density at radius 2 is 1.69 bits per heavy atom. The van der Waals surface area contributed by atoms with Gasteiger partial charge in [0.1, 0.15) is 5.52 Å². The number of nitrogens with one attached hydrogen (secondary N) is 2. The van der Waals surface area contributed by atoms with E-state index >= 15 is 0 Å². The lowest BCUT2D eigenvalue weighted by Crippen LogP contribution is -2.29. The third-order valence-electron chi connectivity index (χ3n) is 3.81. The van der Waals surface area contributed by atoms with E-state index in [-0.39, 0.29) is 11.8 Å². The molecule has 29 heavy (non-hydrogen) atoms. The van der Waals surface area contributed by atoms with Crippen LogP contribution in [0, 0.1) is 0 Å². The van der Waals surface area contributed by atoms with Crippen LogP contribution >= 0.6 is 0 Å². The highest BCUT2D eigenvalue weighted by Crippen LogP contribution is 2.16. The van der Waals surface area contributed by atoms with E-state index in [1.165, 1.54) is 19.9 Å². The molecular formula is C21H19N3O5. The number of para-hydroxylation sites is 2. The third-order valence-corrected chi connectivity index (χ3v) is 3.81. The zero-order valence-corrected chi connectivity index (χ0v) is 15.8. The number of fused-ring (bicyclic) bond motifs is 1. The Morgan fingerprint density at radius 3 is 2.34 bits per heavy atom. The highest BCUT2D eigenvalue weighted by atomic mass is 16.5. The molecular weight excluding hydrogens is 374 g/mol. The number of hydrogen-bond donors (Lipinski definition) is 2. The third kappa shape index (κ3) is 5.52. The Hall–Kier alpha value is -3.94. The molecule has 8 nitrogen and oxygen atoms in total. The second kappa shape index (κ2) is 8.83. The number of ether oxygens (including phenoxy) is 1. The fourth-order valence-electron chi connectivity index (χ4n) is 2.45. The van der Waals surface area contributed by atoms with Crippen LogP contribution in [0.1, 0.15) is 19.7 Å². The van der Waals surface area contributed by atoms with Crippen molar-refractivity contribution in [2.45, 2.75) is 20.0 Å². The monoisotopic (exact) mass is 393 g/mol. The topological polar surface area (TPSA) is 111 Å². The van der Waals surface area contributed by atoms with Crippen LogP contribution in [0.5, 0.6) is 0 Å². The Bertz CT molecular complexity index is 1040. The molecule has 0 aliphatic carbocycles. The molecule has 1 aromatic heterocycles. The second-order valence-corrected chi connectivity index (χ2v) is 6.18. The van der Waals surface area contributed by atoms with Gasteiger partial charge in [0.2, 0.25) is 11.8 Å². The number of nitrogens with zero attached hydrogens (tertiary/aromatic N) is 1. The van der Waals surface area contributed by atoms with Crippen molar-refractivity contribution in [3.63, 3.8) is 0 Å². The van der Waals surface area contributed by atoms with E-state index in [1.807, 2.05) is 12.1 Å². The summed E-state index contributed by atoms with van der Waals surface area (Å²) in [6, 6.07) is 13.8. The molecule has 2 amide bonds. The highest BCUT2D eigenvalue weighted by molar-refractivity contribution is 5.97. The Morgan fingerprint density at radius 1 is 1.03 bits per heavy atom. The fourth-order valence-corrected chi connectivity index (χ4v) is 2.45. The summed E-state index contributed by atoms with van der Waals surface area (Å²) in [6.45, 7) is 2.87. The molecule has 2 N–H and O–H groups in total. The zero-order chi connectivity index (χ0) is 20.8. The molecule has 3 rings (SSSR count). The quantitative estimate of drug-likeness (QED) is 0.491. The zero-order valence-electron chi connectivity index (χ0n) is 15.8. The first-order valence-corrected chi connectivity index (χ1v) is 8.83. The molecule has 8 heteroatoms. The number of esters is 1. The van der Waals surface area contributed by atoms with Gasteiger partial charge in [-0.3, -0.25) is 9.59 Å². The van der Waals surface area contributed by atoms with Crippen molar-refractivity contribution in [1.82, 2.24) is 4.98 Å². The lowest BCUT2D eigenvalue weighted by atomic mass is 10.2. The summed E-state index contributed by atoms with van der Waals surface area (Å²) in [7, 11) is 0. The number of aromatic nitrogens is 1. The second-order valence-electron chi connectivity index (χ2n) is 6.18. The van der Waals surface area contributed by atoms with Crippen molar-refractivity contribution in [3.05, 3.63) is 60.5 Å². The van der Waals surface area contributed by atoms with Crippen LogP contribution in [-0.2, 0) is 19.1 Å². The minimum Gasteiger partial charge on any atom is -0.449 e. The highest BCUT2D eigenvalue weighted by Gasteiger charge is 2.17. The molecule has 0 radical (unpaired) electrons. The van der Waals surface area contributed by atoms with Crippen molar-refractivity contribution < 1.29 is 23.5 Å². The molecule has 0 spiro atoms. The number of amides is 2. The van der Waals surface area contributed by atoms with E-state index < -0.39 is 18.0 Å². The predicted molar refractivity (Wildman–Crippen MR) is 108 cm³/mol. The van der Waals surface area contributed by atoms with Gasteiger partial charge in [-0.05, 0) is 43.3 Å². The number of carbonyl (C=O) groups excluding carboxylic acids is 3. The van der Waals surface area contributed by atoms with Crippen LogP contribution in [0.2, 0.25) is 0 Å². The number of carbonyl (C=O) groups is 3. The molecule has 0 saturated heterocycles. The van der Waals surface area contributed by atoms with Gasteiger partial charge in [-0.15, -0.1) is 0 Å². The van der Waals surface area contributed by atoms with Crippen LogP contribution in [0.4, 0.5) is 11.4 Å². The average Bonchev–Trinajstić information content (AvgIpc) is 3.10. The standard InChI is InChI=1S/C21H19N3O5/c1-13(21(27)23-16-9-7-15(8-10-16)22-14(2)25)28-20(26)12-11-19-24-17-5-3-4-6-18(17)29-19/h3-13H,1-2H3,(H,22,25)(H,23,27)/b12-11+/t13-/m1/s1. The van der Waals surface area contributed by atoms with Gasteiger partial charge < -0.3 is 19.8 Å². The minimum atomic E-state index is -1.01. The molecule has 3 aromatic rings. The minimum absolute atomic E-state index is 0.187. The lowest BCUT2D eigenvalue weighted by Gasteiger charge is -2.12. The number of hydrogen-bond acceptors (Lipinski definition) is 6. The van der Waals surface area contributed by atoms with Crippen molar-refractivity contribution in [1.29, 1.82) is 0 Å². The van der Waals surface area contributed by atoms with Gasteiger partial charge in [0.25, 0.3) is 5.91 Å². The Kier molecular flexibility index (Phi) is 6.03. The summed E-state index contributed by atoms with van der Waals surface area (Å²) in [5.41, 5.74) is 2.41. The van der Waals surface area contributed by atoms with Gasteiger partial charge >= 0.3 is 5.97 Å². The van der Waals surface area contributed by atoms with E-state index in [9.17, 15) is 14.4 Å². The summed E-state index contributed by atoms with van der Waals surface area (Å²) < 4.78 is 10.6. The van der Waals surface area contributed by atoms with E-state index in [2.05, 4.69) is 15.6 Å². The predicted octanol–water partition coefficient (Wildman–Crippen LogP) is 3.37. The SMILES string of the molecule is CC(=O)Nc1ccc(NC(=O)[C@@H](C)OC(=O)/C=C/c2nc3ccccc3o2)cc1. The fraction of sp³-hybridized carbons (Fsp3) is 0.143. The van der Waals surface area contributed by atoms with Gasteiger partial charge in [0, 0.05) is 30.5 Å². The first-order chi connectivity index (χ1) is 13.9. The van der Waals surface area contributed by atoms with Crippen LogP contribution < -0.4 is 10.6 Å². The summed E-state index contributed by atoms with van der Waals surface area (Å²) in [5.74, 6) is -1.11. The van der Waals surface area contributed by atoms with Gasteiger partial charge in [-0.25, -0.2) is 9.78 Å². The van der Waals surface area contributed by atoms with Gasteiger partial charge in [0.05, 0.1) is 0 Å². The van der Waals surface area contributed by atoms with E-state index in [1.54, 1.807) is 36.4 Å². The molecule has 1 heterocycles. The molecule has 0 saturated carbocycles. The maximum atomic E-state index is 12.2. The maximum absolute atomic E-state index is 12.2. The Balaban J connectivity index is 1.53. The van der Waals surface area contributed by atoms with Gasteiger partial charge in [-0.2, -0.15) is 0 Å². The van der Waals surface area contributed by atoms with E-state index in [0.29, 0.717) is 22.5 Å². The smallest absolute Gasteiger partial charge is 0.331 e. The van der Waals surface area contributed by atoms with Crippen molar-refractivity contribution in [2.24, 2.45) is 0 Å². The van der Waals surface area contributed by atoms with Crippen molar-refractivity contribution in [3.8, 4) is 0 Å². The largest absolute Gasteiger partial charge is 0.449 e. The molecule has 2 aromatic carbocycles. The molecule has 1 atom stereocenters. The number of benzene rings is 2. The molecule has 148 valence electrons. The number of anilines is 2. The van der Waals surface area contributed by atoms with Gasteiger partial charge in [0.15, 0.2) is 11.7 Å². The molecule has 0 unspecified atom stereocenters. The van der Waals surface area contributed by atoms with Crippen molar-refractivity contribution in [2.75, 3.05) is 10.6 Å². The van der Waals surface area contributed by atoms with Gasteiger partial charge in [-0.1, -0.05) is 12.1 Å². The summed E-state index contributed by atoms with van der Waals surface area (Å²) in [6.07, 6.45) is 1.52. The van der Waals surface area contributed by atoms with E-state index in [0.717, 1.165) is 6.08 Å². The summed E-state index contributed by atoms with van der Waals surface area (Å²) >= 11 is 0. The molecule has 0 aliphatic rings. The van der Waals surface area contributed by atoms with Crippen molar-refractivity contribution >= 4 is 46.3 Å². The molecule has 0 aliphatic heterocycles. The van der Waals surface area contributed by atoms with Crippen LogP contribution in [0.25, 0.3) is 17.2 Å². The van der Waals surface area contributed by atoms with Crippen LogP contribution in [-0.4, -0.2) is 28.9 Å². The Labute approximate surface area is 166 Å². The van der Waals surface area contributed by atoms with Crippen LogP contribution in [0.15, 0.2) is 59.0 Å². The lowest BCUT2D eigenvalue weighted by molar-refractivity contribution is -0.148. The average molecular weight is 393 g/mol.